The van der Waals surface area contributed by atoms with Crippen LogP contribution in [0.3, 0.4) is 0 Å². The SMILES string of the molecule is Cc1ccc(S[C@@H]2O[C@H](CO[Si](C)(C)c3ccccc3)[C@@H](OCc3ccccc3)[C@H](OCc3ccccc3)[C@H]2OCc2ccccc2)cc1. The Hall–Kier alpha value is -3.53. The number of hydrogen-bond donors (Lipinski definition) is 0. The summed E-state index contributed by atoms with van der Waals surface area (Å²) in [5, 5.41) is 1.24. The second kappa shape index (κ2) is 17.4. The van der Waals surface area contributed by atoms with Gasteiger partial charge in [-0.3, -0.25) is 0 Å². The van der Waals surface area contributed by atoms with E-state index in [4.69, 9.17) is 23.4 Å². The molecule has 1 heterocycles. The number of ether oxygens (including phenoxy) is 4. The Bertz CT molecular complexity index is 1670. The zero-order valence-electron chi connectivity index (χ0n) is 28.5. The molecule has 0 radical (unpaired) electrons. The highest BCUT2D eigenvalue weighted by Gasteiger charge is 2.49. The van der Waals surface area contributed by atoms with Crippen LogP contribution in [0.15, 0.2) is 150 Å². The van der Waals surface area contributed by atoms with Gasteiger partial charge in [0.15, 0.2) is 0 Å². The van der Waals surface area contributed by atoms with Crippen molar-refractivity contribution in [1.29, 1.82) is 0 Å². The van der Waals surface area contributed by atoms with Crippen LogP contribution in [0.1, 0.15) is 22.3 Å². The fourth-order valence-corrected chi connectivity index (χ4v) is 8.81. The van der Waals surface area contributed by atoms with Crippen LogP contribution in [0.4, 0.5) is 0 Å². The van der Waals surface area contributed by atoms with E-state index >= 15 is 0 Å². The summed E-state index contributed by atoms with van der Waals surface area (Å²) < 4.78 is 34.5. The van der Waals surface area contributed by atoms with Gasteiger partial charge in [0.1, 0.15) is 29.9 Å². The van der Waals surface area contributed by atoms with Gasteiger partial charge in [0.25, 0.3) is 0 Å². The van der Waals surface area contributed by atoms with Gasteiger partial charge in [0, 0.05) is 4.90 Å². The molecule has 0 aromatic heterocycles. The molecule has 1 fully saturated rings. The number of benzene rings is 5. The summed E-state index contributed by atoms with van der Waals surface area (Å²) in [5.74, 6) is 0. The largest absolute Gasteiger partial charge is 0.410 e. The molecule has 1 aliphatic heterocycles. The van der Waals surface area contributed by atoms with E-state index in [1.807, 2.05) is 60.7 Å². The highest BCUT2D eigenvalue weighted by atomic mass is 32.2. The molecule has 6 rings (SSSR count). The van der Waals surface area contributed by atoms with Crippen LogP contribution in [0.2, 0.25) is 13.1 Å². The van der Waals surface area contributed by atoms with Gasteiger partial charge in [-0.2, -0.15) is 0 Å². The molecule has 254 valence electrons. The second-order valence-electron chi connectivity index (χ2n) is 12.9. The Morgan fingerprint density at radius 3 is 1.51 bits per heavy atom. The standard InChI is InChI=1S/C42H46O5SSi/c1-32-24-26-36(27-25-32)48-42-41(45-30-35-20-12-6-13-21-35)40(44-29-34-18-10-5-11-19-34)39(43-28-33-16-8-4-9-17-33)38(47-42)31-46-49(2,3)37-22-14-7-15-23-37/h4-27,38-42H,28-31H2,1-3H3/t38-,39-,40+,41-,42+/m1/s1. The summed E-state index contributed by atoms with van der Waals surface area (Å²) in [6.07, 6.45) is -1.74. The van der Waals surface area contributed by atoms with E-state index < -0.39 is 32.7 Å². The van der Waals surface area contributed by atoms with Crippen LogP contribution in [0, 0.1) is 6.92 Å². The maximum absolute atomic E-state index is 7.07. The Labute approximate surface area is 296 Å². The molecule has 0 N–H and O–H groups in total. The summed E-state index contributed by atoms with van der Waals surface area (Å²) in [5.41, 5.74) is 4.10. The van der Waals surface area contributed by atoms with E-state index in [2.05, 4.69) is 105 Å². The number of thioether (sulfide) groups is 1. The fourth-order valence-electron chi connectivity index (χ4n) is 5.94. The predicted octanol–water partition coefficient (Wildman–Crippen LogP) is 8.70. The third-order valence-electron chi connectivity index (χ3n) is 8.80. The lowest BCUT2D eigenvalue weighted by atomic mass is 9.99. The van der Waals surface area contributed by atoms with Gasteiger partial charge in [-0.05, 0) is 54.0 Å². The highest BCUT2D eigenvalue weighted by molar-refractivity contribution is 7.99. The van der Waals surface area contributed by atoms with Crippen LogP contribution < -0.4 is 5.19 Å². The lowest BCUT2D eigenvalue weighted by Crippen LogP contribution is -2.61. The van der Waals surface area contributed by atoms with Crippen molar-refractivity contribution in [3.05, 3.63) is 168 Å². The van der Waals surface area contributed by atoms with E-state index in [1.165, 1.54) is 10.8 Å². The molecule has 49 heavy (non-hydrogen) atoms. The summed E-state index contributed by atoms with van der Waals surface area (Å²) in [6.45, 7) is 8.20. The number of aryl methyl sites for hydroxylation is 1. The molecule has 0 saturated carbocycles. The van der Waals surface area contributed by atoms with Gasteiger partial charge < -0.3 is 23.4 Å². The molecule has 5 aromatic carbocycles. The molecule has 0 amide bonds. The Balaban J connectivity index is 1.35. The van der Waals surface area contributed by atoms with Crippen LogP contribution in [0.25, 0.3) is 0 Å². The Morgan fingerprint density at radius 1 is 0.551 bits per heavy atom. The van der Waals surface area contributed by atoms with Crippen molar-refractivity contribution in [2.45, 2.75) is 74.6 Å². The zero-order chi connectivity index (χ0) is 33.9. The van der Waals surface area contributed by atoms with E-state index in [0.717, 1.165) is 21.6 Å². The van der Waals surface area contributed by atoms with Crippen molar-refractivity contribution in [3.63, 3.8) is 0 Å². The van der Waals surface area contributed by atoms with Crippen molar-refractivity contribution >= 4 is 25.3 Å². The first-order valence-electron chi connectivity index (χ1n) is 17.0. The van der Waals surface area contributed by atoms with Crippen LogP contribution in [-0.2, 0) is 43.2 Å². The van der Waals surface area contributed by atoms with E-state index in [-0.39, 0.29) is 5.44 Å². The molecule has 7 heteroatoms. The highest BCUT2D eigenvalue weighted by Crippen LogP contribution is 2.38. The maximum Gasteiger partial charge on any atom is 0.218 e. The van der Waals surface area contributed by atoms with Gasteiger partial charge in [0.05, 0.1) is 26.4 Å². The van der Waals surface area contributed by atoms with Gasteiger partial charge in [-0.15, -0.1) is 0 Å². The summed E-state index contributed by atoms with van der Waals surface area (Å²) >= 11 is 1.66. The molecule has 0 unspecified atom stereocenters. The van der Waals surface area contributed by atoms with Crippen LogP contribution in [0.5, 0.6) is 0 Å². The van der Waals surface area contributed by atoms with Gasteiger partial charge >= 0.3 is 0 Å². The van der Waals surface area contributed by atoms with Crippen molar-refractivity contribution in [2.75, 3.05) is 6.61 Å². The average Bonchev–Trinajstić information content (AvgIpc) is 3.14. The van der Waals surface area contributed by atoms with Crippen LogP contribution in [-0.4, -0.2) is 44.8 Å². The molecule has 0 bridgehead atoms. The van der Waals surface area contributed by atoms with Gasteiger partial charge in [-0.1, -0.05) is 151 Å². The first kappa shape index (κ1) is 35.3. The summed E-state index contributed by atoms with van der Waals surface area (Å²) in [7, 11) is -2.27. The molecule has 5 aromatic rings. The monoisotopic (exact) mass is 690 g/mol. The molecular formula is C42H46O5SSi. The lowest BCUT2D eigenvalue weighted by Gasteiger charge is -2.46. The third-order valence-corrected chi connectivity index (χ3v) is 12.6. The molecule has 5 atom stereocenters. The maximum atomic E-state index is 7.07. The molecule has 5 nitrogen and oxygen atoms in total. The van der Waals surface area contributed by atoms with Crippen molar-refractivity contribution in [3.8, 4) is 0 Å². The fraction of sp³-hybridized carbons (Fsp3) is 0.286. The average molecular weight is 691 g/mol. The molecule has 1 aliphatic rings. The predicted molar refractivity (Wildman–Crippen MR) is 200 cm³/mol. The Kier molecular flexibility index (Phi) is 12.5. The first-order valence-corrected chi connectivity index (χ1v) is 20.8. The van der Waals surface area contributed by atoms with Crippen molar-refractivity contribution < 1.29 is 23.4 Å². The molecule has 0 aliphatic carbocycles. The molecular weight excluding hydrogens is 645 g/mol. The first-order chi connectivity index (χ1) is 23.9. The minimum absolute atomic E-state index is 0.370. The third kappa shape index (κ3) is 10.0. The normalized spacial score (nSPS) is 21.0. The van der Waals surface area contributed by atoms with Crippen LogP contribution >= 0.6 is 11.8 Å². The van der Waals surface area contributed by atoms with E-state index in [1.54, 1.807) is 11.8 Å². The minimum atomic E-state index is -2.27. The van der Waals surface area contributed by atoms with E-state index in [9.17, 15) is 0 Å². The molecule has 1 saturated heterocycles. The summed E-state index contributed by atoms with van der Waals surface area (Å²) in [4.78, 5) is 1.10. The van der Waals surface area contributed by atoms with Gasteiger partial charge in [-0.25, -0.2) is 0 Å². The smallest absolute Gasteiger partial charge is 0.218 e. The minimum Gasteiger partial charge on any atom is -0.410 e. The van der Waals surface area contributed by atoms with Crippen molar-refractivity contribution in [1.82, 2.24) is 0 Å². The zero-order valence-corrected chi connectivity index (χ0v) is 30.3. The topological polar surface area (TPSA) is 46.2 Å². The second-order valence-corrected chi connectivity index (χ2v) is 18.0. The van der Waals surface area contributed by atoms with Gasteiger partial charge in [0.2, 0.25) is 8.32 Å². The number of rotatable bonds is 15. The lowest BCUT2D eigenvalue weighted by molar-refractivity contribution is -0.250. The van der Waals surface area contributed by atoms with Crippen molar-refractivity contribution in [2.24, 2.45) is 0 Å². The Morgan fingerprint density at radius 2 is 1.00 bits per heavy atom. The quantitative estimate of drug-likeness (QED) is 0.103. The number of hydrogen-bond acceptors (Lipinski definition) is 6. The van der Waals surface area contributed by atoms with E-state index in [0.29, 0.717) is 26.4 Å². The summed E-state index contributed by atoms with van der Waals surface area (Å²) in [6, 6.07) is 49.9. The molecule has 0 spiro atoms.